The van der Waals surface area contributed by atoms with Crippen LogP contribution in [-0.2, 0) is 10.3 Å². The predicted molar refractivity (Wildman–Crippen MR) is 129 cm³/mol. The van der Waals surface area contributed by atoms with E-state index in [1.54, 1.807) is 11.3 Å². The molecular weight excluding hydrogens is 408 g/mol. The molecule has 170 valence electrons. The monoisotopic (exact) mass is 444 g/mol. The highest BCUT2D eigenvalue weighted by Gasteiger charge is 2.34. The highest BCUT2D eigenvalue weighted by molar-refractivity contribution is 7.10. The molecule has 0 saturated carbocycles. The number of benzene rings is 1. The molecule has 0 aliphatic carbocycles. The predicted octanol–water partition coefficient (Wildman–Crippen LogP) is 3.41. The lowest BCUT2D eigenvalue weighted by molar-refractivity contribution is 0.0354. The zero-order valence-electron chi connectivity index (χ0n) is 18.9. The standard InChI is InChI=1S/C24H36N4O2S/c1-4-25-22(26-17-23(3,29)21-11-8-16-31-21)27-18-24(12-14-30-15-13-24)28-19(2)20-9-6-5-7-10-20/h5-11,16,19,28-29H,4,12-15,17-18H2,1-3H3,(H2,25,26,27). The Bertz CT molecular complexity index is 802. The summed E-state index contributed by atoms with van der Waals surface area (Å²) in [6, 6.07) is 14.7. The van der Waals surface area contributed by atoms with Crippen LogP contribution in [0.25, 0.3) is 0 Å². The fraction of sp³-hybridized carbons (Fsp3) is 0.542. The third-order valence-electron chi connectivity index (χ3n) is 5.81. The lowest BCUT2D eigenvalue weighted by Crippen LogP contribution is -2.58. The maximum atomic E-state index is 10.8. The molecule has 4 N–H and O–H groups in total. The smallest absolute Gasteiger partial charge is 0.191 e. The van der Waals surface area contributed by atoms with Crippen molar-refractivity contribution in [3.05, 3.63) is 58.3 Å². The van der Waals surface area contributed by atoms with Crippen LogP contribution < -0.4 is 16.0 Å². The van der Waals surface area contributed by atoms with Gasteiger partial charge in [-0.05, 0) is 50.6 Å². The van der Waals surface area contributed by atoms with Crippen molar-refractivity contribution >= 4 is 17.3 Å². The van der Waals surface area contributed by atoms with Gasteiger partial charge in [0.15, 0.2) is 5.96 Å². The van der Waals surface area contributed by atoms with Crippen molar-refractivity contribution < 1.29 is 9.84 Å². The molecule has 2 atom stereocenters. The Morgan fingerprint density at radius 2 is 1.94 bits per heavy atom. The lowest BCUT2D eigenvalue weighted by Gasteiger charge is -2.41. The van der Waals surface area contributed by atoms with Crippen LogP contribution in [0.1, 0.15) is 50.1 Å². The van der Waals surface area contributed by atoms with Gasteiger partial charge in [-0.3, -0.25) is 0 Å². The second-order valence-corrected chi connectivity index (χ2v) is 9.42. The first kappa shape index (κ1) is 23.7. The minimum absolute atomic E-state index is 0.0834. The molecule has 2 unspecified atom stereocenters. The van der Waals surface area contributed by atoms with Gasteiger partial charge in [-0.2, -0.15) is 0 Å². The van der Waals surface area contributed by atoms with Crippen molar-refractivity contribution in [3.8, 4) is 0 Å². The van der Waals surface area contributed by atoms with Gasteiger partial charge in [0.05, 0.1) is 6.54 Å². The van der Waals surface area contributed by atoms with Gasteiger partial charge in [0, 0.05) is 42.8 Å². The third kappa shape index (κ3) is 6.77. The molecule has 6 nitrogen and oxygen atoms in total. The minimum atomic E-state index is -0.979. The zero-order chi connectivity index (χ0) is 22.2. The first-order chi connectivity index (χ1) is 14.9. The lowest BCUT2D eigenvalue weighted by atomic mass is 9.88. The van der Waals surface area contributed by atoms with E-state index >= 15 is 0 Å². The Balaban J connectivity index is 1.67. The largest absolute Gasteiger partial charge is 0.383 e. The summed E-state index contributed by atoms with van der Waals surface area (Å²) >= 11 is 1.55. The van der Waals surface area contributed by atoms with E-state index in [0.29, 0.717) is 6.54 Å². The van der Waals surface area contributed by atoms with E-state index in [-0.39, 0.29) is 11.6 Å². The number of nitrogens with zero attached hydrogens (tertiary/aromatic N) is 1. The van der Waals surface area contributed by atoms with E-state index < -0.39 is 5.60 Å². The van der Waals surface area contributed by atoms with Gasteiger partial charge in [-0.15, -0.1) is 11.3 Å². The molecule has 2 heterocycles. The molecule has 0 amide bonds. The highest BCUT2D eigenvalue weighted by atomic mass is 32.1. The zero-order valence-corrected chi connectivity index (χ0v) is 19.7. The molecule has 31 heavy (non-hydrogen) atoms. The summed E-state index contributed by atoms with van der Waals surface area (Å²) in [5.74, 6) is 0.722. The maximum Gasteiger partial charge on any atom is 0.191 e. The molecule has 3 rings (SSSR count). The quantitative estimate of drug-likeness (QED) is 0.352. The summed E-state index contributed by atoms with van der Waals surface area (Å²) in [5, 5.41) is 23.5. The number of guanidine groups is 1. The summed E-state index contributed by atoms with van der Waals surface area (Å²) in [6.07, 6.45) is 1.87. The number of thiophene rings is 1. The SMILES string of the molecule is CCNC(=NCC(C)(O)c1cccs1)NCC1(NC(C)c2ccccc2)CCOCC1. The average Bonchev–Trinajstić information content (AvgIpc) is 3.33. The molecule has 0 bridgehead atoms. The van der Waals surface area contributed by atoms with Gasteiger partial charge < -0.3 is 25.8 Å². The molecule has 1 aliphatic rings. The molecular formula is C24H36N4O2S. The first-order valence-corrected chi connectivity index (χ1v) is 12.0. The fourth-order valence-electron chi connectivity index (χ4n) is 3.91. The van der Waals surface area contributed by atoms with Crippen molar-refractivity contribution in [1.82, 2.24) is 16.0 Å². The molecule has 0 spiro atoms. The number of hydrogen-bond donors (Lipinski definition) is 4. The number of rotatable bonds is 9. The van der Waals surface area contributed by atoms with Gasteiger partial charge >= 0.3 is 0 Å². The molecule has 7 heteroatoms. The normalized spacial score (nSPS) is 19.4. The second-order valence-electron chi connectivity index (χ2n) is 8.47. The van der Waals surface area contributed by atoms with Gasteiger partial charge in [0.1, 0.15) is 5.60 Å². The number of aliphatic hydroxyl groups is 1. The van der Waals surface area contributed by atoms with Gasteiger partial charge in [-0.1, -0.05) is 36.4 Å². The van der Waals surface area contributed by atoms with Crippen LogP contribution in [0.15, 0.2) is 52.8 Å². The van der Waals surface area contributed by atoms with Crippen LogP contribution >= 0.6 is 11.3 Å². The Morgan fingerprint density at radius 3 is 2.58 bits per heavy atom. The number of aliphatic imine (C=N–C) groups is 1. The average molecular weight is 445 g/mol. The molecule has 1 saturated heterocycles. The van der Waals surface area contributed by atoms with Crippen LogP contribution in [0.2, 0.25) is 0 Å². The molecule has 1 aromatic heterocycles. The molecule has 2 aromatic rings. The van der Waals surface area contributed by atoms with Crippen LogP contribution in [0.4, 0.5) is 0 Å². The summed E-state index contributed by atoms with van der Waals surface area (Å²) in [4.78, 5) is 5.61. The van der Waals surface area contributed by atoms with Crippen molar-refractivity contribution in [2.45, 2.75) is 50.8 Å². The Morgan fingerprint density at radius 1 is 1.19 bits per heavy atom. The topological polar surface area (TPSA) is 77.9 Å². The Kier molecular flexibility index (Phi) is 8.49. The van der Waals surface area contributed by atoms with E-state index in [1.807, 2.05) is 30.5 Å². The summed E-state index contributed by atoms with van der Waals surface area (Å²) < 4.78 is 5.65. The van der Waals surface area contributed by atoms with Crippen molar-refractivity contribution in [3.63, 3.8) is 0 Å². The number of nitrogens with one attached hydrogen (secondary N) is 3. The summed E-state index contributed by atoms with van der Waals surface area (Å²) in [6.45, 7) is 9.37. The van der Waals surface area contributed by atoms with Crippen molar-refractivity contribution in [2.24, 2.45) is 4.99 Å². The molecule has 1 fully saturated rings. The second kappa shape index (κ2) is 11.1. The fourth-order valence-corrected chi connectivity index (χ4v) is 4.69. The minimum Gasteiger partial charge on any atom is -0.383 e. The third-order valence-corrected chi connectivity index (χ3v) is 6.93. The van der Waals surface area contributed by atoms with E-state index in [1.165, 1.54) is 5.56 Å². The summed E-state index contributed by atoms with van der Waals surface area (Å²) in [5.41, 5.74) is 0.216. The van der Waals surface area contributed by atoms with Crippen LogP contribution in [0.3, 0.4) is 0 Å². The number of ether oxygens (including phenoxy) is 1. The molecule has 1 aliphatic heterocycles. The van der Waals surface area contributed by atoms with Gasteiger partial charge in [-0.25, -0.2) is 4.99 Å². The first-order valence-electron chi connectivity index (χ1n) is 11.1. The van der Waals surface area contributed by atoms with E-state index in [9.17, 15) is 5.11 Å². The molecule has 0 radical (unpaired) electrons. The van der Waals surface area contributed by atoms with E-state index in [2.05, 4.69) is 59.1 Å². The number of hydrogen-bond acceptors (Lipinski definition) is 5. The summed E-state index contributed by atoms with van der Waals surface area (Å²) in [7, 11) is 0. The Hall–Kier alpha value is -1.93. The van der Waals surface area contributed by atoms with Gasteiger partial charge in [0.25, 0.3) is 0 Å². The van der Waals surface area contributed by atoms with E-state index in [0.717, 1.165) is 50.0 Å². The van der Waals surface area contributed by atoms with Crippen LogP contribution in [0.5, 0.6) is 0 Å². The van der Waals surface area contributed by atoms with Crippen LogP contribution in [0, 0.1) is 0 Å². The maximum absolute atomic E-state index is 10.8. The molecule has 1 aromatic carbocycles. The van der Waals surface area contributed by atoms with Crippen molar-refractivity contribution in [1.29, 1.82) is 0 Å². The van der Waals surface area contributed by atoms with Crippen molar-refractivity contribution in [2.75, 3.05) is 32.8 Å². The van der Waals surface area contributed by atoms with E-state index in [4.69, 9.17) is 4.74 Å². The van der Waals surface area contributed by atoms with Gasteiger partial charge in [0.2, 0.25) is 0 Å². The Labute approximate surface area is 190 Å². The van der Waals surface area contributed by atoms with Crippen LogP contribution in [-0.4, -0.2) is 49.5 Å². The highest BCUT2D eigenvalue weighted by Crippen LogP contribution is 2.26.